The molecule has 0 unspecified atom stereocenters. The lowest BCUT2D eigenvalue weighted by molar-refractivity contribution is -0.116. The van der Waals surface area contributed by atoms with Gasteiger partial charge in [-0.15, -0.1) is 0 Å². The topological polar surface area (TPSA) is 92.3 Å². The van der Waals surface area contributed by atoms with Crippen molar-refractivity contribution < 1.29 is 18.0 Å². The van der Waals surface area contributed by atoms with Crippen LogP contribution in [0.5, 0.6) is 0 Å². The summed E-state index contributed by atoms with van der Waals surface area (Å²) in [5, 5.41) is 2.74. The number of hydrogen-bond acceptors (Lipinski definition) is 4. The standard InChI is InChI=1S/C20H24N2O4S/c1-3-5-16-8-10-18(11-9-16)22-20(24)12-13-21-27(25,26)19-7-4-6-17(14-19)15(2)23/h4,6-11,14,21H,3,5,12-13H2,1-2H3,(H,22,24). The Balaban J connectivity index is 1.88. The summed E-state index contributed by atoms with van der Waals surface area (Å²) in [5.74, 6) is -0.491. The van der Waals surface area contributed by atoms with Crippen molar-refractivity contribution in [3.05, 3.63) is 59.7 Å². The zero-order valence-corrected chi connectivity index (χ0v) is 16.3. The molecule has 0 aliphatic rings. The van der Waals surface area contributed by atoms with Gasteiger partial charge in [0.15, 0.2) is 5.78 Å². The molecule has 2 aromatic carbocycles. The summed E-state index contributed by atoms with van der Waals surface area (Å²) in [5.41, 5.74) is 2.20. The van der Waals surface area contributed by atoms with Gasteiger partial charge in [-0.05, 0) is 43.2 Å². The van der Waals surface area contributed by atoms with Crippen molar-refractivity contribution in [3.63, 3.8) is 0 Å². The van der Waals surface area contributed by atoms with Gasteiger partial charge >= 0.3 is 0 Å². The molecular weight excluding hydrogens is 364 g/mol. The summed E-state index contributed by atoms with van der Waals surface area (Å²) in [6.07, 6.45) is 2.05. The fraction of sp³-hybridized carbons (Fsp3) is 0.300. The number of rotatable bonds is 9. The fourth-order valence-electron chi connectivity index (χ4n) is 2.53. The van der Waals surface area contributed by atoms with Gasteiger partial charge in [0.1, 0.15) is 0 Å². The Morgan fingerprint density at radius 3 is 2.37 bits per heavy atom. The summed E-state index contributed by atoms with van der Waals surface area (Å²) in [6.45, 7) is 3.44. The van der Waals surface area contributed by atoms with Gasteiger partial charge in [-0.2, -0.15) is 0 Å². The molecule has 0 aliphatic heterocycles. The van der Waals surface area contributed by atoms with E-state index >= 15 is 0 Å². The highest BCUT2D eigenvalue weighted by Gasteiger charge is 2.15. The first-order valence-corrected chi connectivity index (χ1v) is 10.3. The smallest absolute Gasteiger partial charge is 0.240 e. The SMILES string of the molecule is CCCc1ccc(NC(=O)CCNS(=O)(=O)c2cccc(C(C)=O)c2)cc1. The van der Waals surface area contributed by atoms with Crippen LogP contribution in [0.15, 0.2) is 53.4 Å². The molecule has 2 rings (SSSR count). The van der Waals surface area contributed by atoms with E-state index in [0.29, 0.717) is 11.3 Å². The molecule has 0 heterocycles. The van der Waals surface area contributed by atoms with E-state index in [1.54, 1.807) is 6.07 Å². The number of sulfonamides is 1. The number of benzene rings is 2. The average molecular weight is 388 g/mol. The van der Waals surface area contributed by atoms with Crippen LogP contribution in [0.2, 0.25) is 0 Å². The molecule has 6 nitrogen and oxygen atoms in total. The monoisotopic (exact) mass is 388 g/mol. The molecule has 0 radical (unpaired) electrons. The largest absolute Gasteiger partial charge is 0.326 e. The lowest BCUT2D eigenvalue weighted by Gasteiger charge is -2.09. The third-order valence-corrected chi connectivity index (χ3v) is 5.43. The Labute approximate surface area is 160 Å². The van der Waals surface area contributed by atoms with Crippen LogP contribution in [0.25, 0.3) is 0 Å². The number of carbonyl (C=O) groups excluding carboxylic acids is 2. The highest BCUT2D eigenvalue weighted by Crippen LogP contribution is 2.13. The maximum Gasteiger partial charge on any atom is 0.240 e. The summed E-state index contributed by atoms with van der Waals surface area (Å²) in [6, 6.07) is 13.4. The minimum absolute atomic E-state index is 0.00196. The van der Waals surface area contributed by atoms with Crippen molar-refractivity contribution in [3.8, 4) is 0 Å². The van der Waals surface area contributed by atoms with Crippen LogP contribution in [0.1, 0.15) is 42.6 Å². The van der Waals surface area contributed by atoms with Crippen molar-refractivity contribution in [1.82, 2.24) is 4.72 Å². The maximum absolute atomic E-state index is 12.3. The lowest BCUT2D eigenvalue weighted by atomic mass is 10.1. The predicted molar refractivity (Wildman–Crippen MR) is 105 cm³/mol. The van der Waals surface area contributed by atoms with Crippen LogP contribution >= 0.6 is 0 Å². The van der Waals surface area contributed by atoms with Crippen LogP contribution in [-0.2, 0) is 21.2 Å². The Morgan fingerprint density at radius 1 is 1.04 bits per heavy atom. The molecule has 0 saturated carbocycles. The van der Waals surface area contributed by atoms with Gasteiger partial charge in [0.2, 0.25) is 15.9 Å². The summed E-state index contributed by atoms with van der Waals surface area (Å²) < 4.78 is 27.0. The first-order valence-electron chi connectivity index (χ1n) is 8.81. The van der Waals surface area contributed by atoms with Crippen molar-refractivity contribution in [2.45, 2.75) is 38.0 Å². The first-order chi connectivity index (χ1) is 12.8. The molecule has 2 aromatic rings. The van der Waals surface area contributed by atoms with E-state index < -0.39 is 10.0 Å². The zero-order chi connectivity index (χ0) is 19.9. The third-order valence-electron chi connectivity index (χ3n) is 3.97. The quantitative estimate of drug-likeness (QED) is 0.646. The first kappa shape index (κ1) is 20.8. The van der Waals surface area contributed by atoms with Gasteiger partial charge in [0.05, 0.1) is 4.90 Å². The second kappa shape index (κ2) is 9.43. The van der Waals surface area contributed by atoms with Gasteiger partial charge in [0, 0.05) is 24.2 Å². The molecule has 27 heavy (non-hydrogen) atoms. The van der Waals surface area contributed by atoms with Crippen LogP contribution in [-0.4, -0.2) is 26.7 Å². The summed E-state index contributed by atoms with van der Waals surface area (Å²) in [7, 11) is -3.78. The van der Waals surface area contributed by atoms with Gasteiger partial charge < -0.3 is 5.32 Å². The van der Waals surface area contributed by atoms with Crippen molar-refractivity contribution in [1.29, 1.82) is 0 Å². The van der Waals surface area contributed by atoms with E-state index in [2.05, 4.69) is 17.0 Å². The molecule has 144 valence electrons. The predicted octanol–water partition coefficient (Wildman–Crippen LogP) is 3.15. The van der Waals surface area contributed by atoms with E-state index in [0.717, 1.165) is 12.8 Å². The molecular formula is C20H24N2O4S. The number of Topliss-reactive ketones (excluding diaryl/α,β-unsaturated/α-hetero) is 1. The summed E-state index contributed by atoms with van der Waals surface area (Å²) in [4.78, 5) is 23.4. The van der Waals surface area contributed by atoms with E-state index in [1.165, 1.54) is 30.7 Å². The second-order valence-electron chi connectivity index (χ2n) is 6.23. The lowest BCUT2D eigenvalue weighted by Crippen LogP contribution is -2.28. The Morgan fingerprint density at radius 2 is 1.74 bits per heavy atom. The molecule has 0 fully saturated rings. The molecule has 0 aliphatic carbocycles. The third kappa shape index (κ3) is 6.30. The Bertz CT molecular complexity index is 906. The number of aryl methyl sites for hydroxylation is 1. The van der Waals surface area contributed by atoms with Crippen molar-refractivity contribution in [2.24, 2.45) is 0 Å². The Kier molecular flexibility index (Phi) is 7.27. The van der Waals surface area contributed by atoms with Gasteiger partial charge in [-0.3, -0.25) is 9.59 Å². The van der Waals surface area contributed by atoms with E-state index in [-0.39, 0.29) is 29.6 Å². The van der Waals surface area contributed by atoms with E-state index in [4.69, 9.17) is 0 Å². The second-order valence-corrected chi connectivity index (χ2v) is 7.99. The number of anilines is 1. The van der Waals surface area contributed by atoms with Crippen LogP contribution in [0.3, 0.4) is 0 Å². The average Bonchev–Trinajstić information content (AvgIpc) is 2.63. The van der Waals surface area contributed by atoms with Crippen LogP contribution < -0.4 is 10.0 Å². The zero-order valence-electron chi connectivity index (χ0n) is 15.5. The van der Waals surface area contributed by atoms with E-state index in [1.807, 2.05) is 24.3 Å². The maximum atomic E-state index is 12.3. The number of nitrogens with one attached hydrogen (secondary N) is 2. The summed E-state index contributed by atoms with van der Waals surface area (Å²) >= 11 is 0. The molecule has 0 atom stereocenters. The number of hydrogen-bond donors (Lipinski definition) is 2. The molecule has 0 saturated heterocycles. The minimum Gasteiger partial charge on any atom is -0.326 e. The number of ketones is 1. The van der Waals surface area contributed by atoms with E-state index in [9.17, 15) is 18.0 Å². The van der Waals surface area contributed by atoms with Crippen LogP contribution in [0, 0.1) is 0 Å². The molecule has 7 heteroatoms. The molecule has 2 N–H and O–H groups in total. The Hall–Kier alpha value is -2.51. The van der Waals surface area contributed by atoms with Gasteiger partial charge in [0.25, 0.3) is 0 Å². The molecule has 0 aromatic heterocycles. The van der Waals surface area contributed by atoms with Gasteiger partial charge in [-0.1, -0.05) is 37.6 Å². The fourth-order valence-corrected chi connectivity index (χ4v) is 3.61. The van der Waals surface area contributed by atoms with Crippen molar-refractivity contribution in [2.75, 3.05) is 11.9 Å². The number of amides is 1. The normalized spacial score (nSPS) is 11.2. The molecule has 0 bridgehead atoms. The number of carbonyl (C=O) groups is 2. The minimum atomic E-state index is -3.78. The highest BCUT2D eigenvalue weighted by atomic mass is 32.2. The van der Waals surface area contributed by atoms with Gasteiger partial charge in [-0.25, -0.2) is 13.1 Å². The van der Waals surface area contributed by atoms with Crippen LogP contribution in [0.4, 0.5) is 5.69 Å². The van der Waals surface area contributed by atoms with Crippen molar-refractivity contribution >= 4 is 27.4 Å². The molecule has 1 amide bonds. The highest BCUT2D eigenvalue weighted by molar-refractivity contribution is 7.89. The molecule has 0 spiro atoms.